The van der Waals surface area contributed by atoms with E-state index in [1.165, 1.54) is 0 Å². The SMILES string of the molecule is CC1(C(=O)O)CCC(Oc2ccc(C#N)c(Cl)c2)CC1. The average Bonchev–Trinajstić information content (AvgIpc) is 2.42. The Morgan fingerprint density at radius 3 is 2.65 bits per heavy atom. The van der Waals surface area contributed by atoms with Gasteiger partial charge in [0.05, 0.1) is 22.1 Å². The van der Waals surface area contributed by atoms with Gasteiger partial charge in [0.2, 0.25) is 0 Å². The number of carboxylic acid groups (broad SMARTS) is 1. The van der Waals surface area contributed by atoms with Crippen LogP contribution >= 0.6 is 11.6 Å². The molecule has 0 radical (unpaired) electrons. The van der Waals surface area contributed by atoms with E-state index < -0.39 is 11.4 Å². The van der Waals surface area contributed by atoms with Crippen molar-refractivity contribution in [3.05, 3.63) is 28.8 Å². The van der Waals surface area contributed by atoms with Gasteiger partial charge in [-0.3, -0.25) is 4.79 Å². The molecule has 0 unspecified atom stereocenters. The molecule has 0 spiro atoms. The van der Waals surface area contributed by atoms with Gasteiger partial charge in [-0.1, -0.05) is 11.6 Å². The molecule has 1 aromatic carbocycles. The molecule has 0 heterocycles. The number of nitrogens with zero attached hydrogens (tertiary/aromatic N) is 1. The number of aliphatic carboxylic acids is 1. The molecule has 0 bridgehead atoms. The van der Waals surface area contributed by atoms with Gasteiger partial charge in [0.1, 0.15) is 11.8 Å². The molecular weight excluding hydrogens is 278 g/mol. The maximum Gasteiger partial charge on any atom is 0.309 e. The second-order valence-corrected chi connectivity index (χ2v) is 5.84. The molecule has 1 aliphatic carbocycles. The minimum atomic E-state index is -0.739. The van der Waals surface area contributed by atoms with Gasteiger partial charge >= 0.3 is 5.97 Å². The van der Waals surface area contributed by atoms with Crippen LogP contribution < -0.4 is 4.74 Å². The number of carboxylic acids is 1. The summed E-state index contributed by atoms with van der Waals surface area (Å²) in [6.07, 6.45) is 2.64. The molecule has 0 saturated heterocycles. The predicted octanol–water partition coefficient (Wildman–Crippen LogP) is 3.62. The van der Waals surface area contributed by atoms with E-state index in [2.05, 4.69) is 0 Å². The smallest absolute Gasteiger partial charge is 0.309 e. The van der Waals surface area contributed by atoms with Crippen molar-refractivity contribution in [3.63, 3.8) is 0 Å². The molecule has 2 rings (SSSR count). The minimum absolute atomic E-state index is 0.00595. The second-order valence-electron chi connectivity index (χ2n) is 5.44. The largest absolute Gasteiger partial charge is 0.490 e. The van der Waals surface area contributed by atoms with Crippen molar-refractivity contribution in [2.24, 2.45) is 5.41 Å². The number of hydrogen-bond acceptors (Lipinski definition) is 3. The van der Waals surface area contributed by atoms with Gasteiger partial charge in [-0.2, -0.15) is 5.26 Å². The Hall–Kier alpha value is -1.73. The van der Waals surface area contributed by atoms with Crippen molar-refractivity contribution in [3.8, 4) is 11.8 Å². The molecule has 1 fully saturated rings. The van der Waals surface area contributed by atoms with E-state index in [0.29, 0.717) is 42.0 Å². The van der Waals surface area contributed by atoms with Crippen LogP contribution in [0.3, 0.4) is 0 Å². The summed E-state index contributed by atoms with van der Waals surface area (Å²) in [5, 5.41) is 18.4. The Balaban J connectivity index is 1.98. The quantitative estimate of drug-likeness (QED) is 0.924. The van der Waals surface area contributed by atoms with Crippen LogP contribution in [0.1, 0.15) is 38.2 Å². The zero-order valence-corrected chi connectivity index (χ0v) is 12.0. The third-order valence-corrected chi connectivity index (χ3v) is 4.23. The topological polar surface area (TPSA) is 70.3 Å². The molecule has 1 saturated carbocycles. The Morgan fingerprint density at radius 1 is 1.50 bits per heavy atom. The standard InChI is InChI=1S/C15H16ClNO3/c1-15(14(18)19)6-4-11(5-7-15)20-12-3-2-10(9-17)13(16)8-12/h2-3,8,11H,4-7H2,1H3,(H,18,19). The van der Waals surface area contributed by atoms with E-state index >= 15 is 0 Å². The predicted molar refractivity (Wildman–Crippen MR) is 74.8 cm³/mol. The fourth-order valence-corrected chi connectivity index (χ4v) is 2.63. The highest BCUT2D eigenvalue weighted by Crippen LogP contribution is 2.37. The zero-order chi connectivity index (χ0) is 14.8. The first kappa shape index (κ1) is 14.7. The molecule has 0 aromatic heterocycles. The Labute approximate surface area is 122 Å². The van der Waals surface area contributed by atoms with Crippen LogP contribution in [0.15, 0.2) is 18.2 Å². The molecule has 0 aliphatic heterocycles. The van der Waals surface area contributed by atoms with Crippen LogP contribution in [0.5, 0.6) is 5.75 Å². The first-order valence-electron chi connectivity index (χ1n) is 6.54. The van der Waals surface area contributed by atoms with E-state index in [9.17, 15) is 9.90 Å². The van der Waals surface area contributed by atoms with Crippen molar-refractivity contribution < 1.29 is 14.6 Å². The van der Waals surface area contributed by atoms with E-state index in [0.717, 1.165) is 0 Å². The fourth-order valence-electron chi connectivity index (χ4n) is 2.41. The number of halogens is 1. The highest BCUT2D eigenvalue weighted by molar-refractivity contribution is 6.31. The Bertz CT molecular complexity index is 557. The van der Waals surface area contributed by atoms with Crippen LogP contribution in [0.4, 0.5) is 0 Å². The molecule has 1 N–H and O–H groups in total. The molecule has 1 aliphatic rings. The van der Waals surface area contributed by atoms with Crippen LogP contribution in [0.25, 0.3) is 0 Å². The maximum atomic E-state index is 11.2. The normalized spacial score (nSPS) is 25.8. The van der Waals surface area contributed by atoms with Crippen LogP contribution in [-0.4, -0.2) is 17.2 Å². The Morgan fingerprint density at radius 2 is 2.15 bits per heavy atom. The van der Waals surface area contributed by atoms with E-state index in [1.807, 2.05) is 6.07 Å². The summed E-state index contributed by atoms with van der Waals surface area (Å²) in [6, 6.07) is 6.97. The van der Waals surface area contributed by atoms with Gasteiger partial charge in [-0.15, -0.1) is 0 Å². The monoisotopic (exact) mass is 293 g/mol. The lowest BCUT2D eigenvalue weighted by atomic mass is 9.75. The molecule has 4 nitrogen and oxygen atoms in total. The summed E-state index contributed by atoms with van der Waals surface area (Å²) in [5.41, 5.74) is -0.219. The molecule has 1 aromatic rings. The third-order valence-electron chi connectivity index (χ3n) is 3.92. The molecular formula is C15H16ClNO3. The number of nitriles is 1. The summed E-state index contributed by atoms with van der Waals surface area (Å²) in [7, 11) is 0. The number of benzene rings is 1. The lowest BCUT2D eigenvalue weighted by Crippen LogP contribution is -2.36. The van der Waals surface area contributed by atoms with Gasteiger partial charge < -0.3 is 9.84 Å². The zero-order valence-electron chi connectivity index (χ0n) is 11.2. The summed E-state index contributed by atoms with van der Waals surface area (Å²) in [5.74, 6) is -0.115. The van der Waals surface area contributed by atoms with Gasteiger partial charge in [-0.25, -0.2) is 0 Å². The van der Waals surface area contributed by atoms with Crippen LogP contribution in [0, 0.1) is 16.7 Å². The highest BCUT2D eigenvalue weighted by atomic mass is 35.5. The fraction of sp³-hybridized carbons (Fsp3) is 0.467. The molecule has 20 heavy (non-hydrogen) atoms. The van der Waals surface area contributed by atoms with Crippen molar-refractivity contribution in [2.75, 3.05) is 0 Å². The van der Waals surface area contributed by atoms with Gasteiger partial charge in [-0.05, 0) is 44.7 Å². The van der Waals surface area contributed by atoms with Crippen molar-refractivity contribution in [2.45, 2.75) is 38.7 Å². The van der Waals surface area contributed by atoms with Crippen molar-refractivity contribution >= 4 is 17.6 Å². The lowest BCUT2D eigenvalue weighted by molar-refractivity contribution is -0.150. The Kier molecular flexibility index (Phi) is 4.20. The van der Waals surface area contributed by atoms with Gasteiger partial charge in [0.25, 0.3) is 0 Å². The molecule has 5 heteroatoms. The number of ether oxygens (including phenoxy) is 1. The number of carbonyl (C=O) groups is 1. The molecule has 106 valence electrons. The summed E-state index contributed by atoms with van der Waals surface area (Å²) >= 11 is 5.95. The first-order chi connectivity index (χ1) is 9.44. The van der Waals surface area contributed by atoms with Gasteiger partial charge in [0, 0.05) is 6.07 Å². The van der Waals surface area contributed by atoms with Crippen molar-refractivity contribution in [1.82, 2.24) is 0 Å². The van der Waals surface area contributed by atoms with Crippen LogP contribution in [-0.2, 0) is 4.79 Å². The first-order valence-corrected chi connectivity index (χ1v) is 6.92. The van der Waals surface area contributed by atoms with E-state index in [-0.39, 0.29) is 6.10 Å². The summed E-state index contributed by atoms with van der Waals surface area (Å²) < 4.78 is 5.82. The lowest BCUT2D eigenvalue weighted by Gasteiger charge is -2.33. The second kappa shape index (κ2) is 5.72. The van der Waals surface area contributed by atoms with E-state index in [1.54, 1.807) is 25.1 Å². The average molecular weight is 294 g/mol. The maximum absolute atomic E-state index is 11.2. The third kappa shape index (κ3) is 3.05. The molecule has 0 amide bonds. The highest BCUT2D eigenvalue weighted by Gasteiger charge is 2.38. The number of hydrogen-bond donors (Lipinski definition) is 1. The number of rotatable bonds is 3. The van der Waals surface area contributed by atoms with Crippen molar-refractivity contribution in [1.29, 1.82) is 5.26 Å². The minimum Gasteiger partial charge on any atom is -0.490 e. The van der Waals surface area contributed by atoms with Gasteiger partial charge in [0.15, 0.2) is 0 Å². The molecule has 0 atom stereocenters. The van der Waals surface area contributed by atoms with Crippen LogP contribution in [0.2, 0.25) is 5.02 Å². The summed E-state index contributed by atoms with van der Waals surface area (Å²) in [6.45, 7) is 1.78. The van der Waals surface area contributed by atoms with E-state index in [4.69, 9.17) is 21.6 Å². The summed E-state index contributed by atoms with van der Waals surface area (Å²) in [4.78, 5) is 11.2.